The van der Waals surface area contributed by atoms with Crippen molar-refractivity contribution in [1.29, 1.82) is 0 Å². The Balaban J connectivity index is 1.25. The number of benzene rings is 2. The van der Waals surface area contributed by atoms with Crippen LogP contribution < -0.4 is 10.1 Å². The fourth-order valence-corrected chi connectivity index (χ4v) is 5.33. The third-order valence-corrected chi connectivity index (χ3v) is 7.71. The topological polar surface area (TPSA) is 91.4 Å². The van der Waals surface area contributed by atoms with Gasteiger partial charge in [0.05, 0.1) is 24.1 Å². The van der Waals surface area contributed by atoms with Gasteiger partial charge in [0, 0.05) is 44.5 Å². The second-order valence-electron chi connectivity index (χ2n) is 10.4. The highest BCUT2D eigenvalue weighted by Gasteiger charge is 2.39. The third kappa shape index (κ3) is 5.89. The lowest BCUT2D eigenvalue weighted by Crippen LogP contribution is -2.54. The number of hydrogen-bond acceptors (Lipinski definition) is 6. The van der Waals surface area contributed by atoms with Crippen LogP contribution in [0.3, 0.4) is 0 Å². The van der Waals surface area contributed by atoms with Gasteiger partial charge in [-0.2, -0.15) is 0 Å². The summed E-state index contributed by atoms with van der Waals surface area (Å²) in [5.74, 6) is -2.67. The second-order valence-corrected chi connectivity index (χ2v) is 10.4. The number of carbonyl (C=O) groups excluding carboxylic acids is 3. The molecule has 2 aromatic rings. The van der Waals surface area contributed by atoms with Crippen molar-refractivity contribution in [1.82, 2.24) is 14.7 Å². The summed E-state index contributed by atoms with van der Waals surface area (Å²) >= 11 is 0. The zero-order valence-electron chi connectivity index (χ0n) is 22.0. The van der Waals surface area contributed by atoms with Gasteiger partial charge in [0.25, 0.3) is 11.8 Å². The molecule has 0 radical (unpaired) electrons. The normalized spacial score (nSPS) is 23.7. The predicted molar refractivity (Wildman–Crippen MR) is 139 cm³/mol. The van der Waals surface area contributed by atoms with E-state index in [1.807, 2.05) is 11.9 Å². The summed E-state index contributed by atoms with van der Waals surface area (Å²) in [6.45, 7) is 3.36. The molecule has 9 nitrogen and oxygen atoms in total. The van der Waals surface area contributed by atoms with E-state index < -0.39 is 17.5 Å². The van der Waals surface area contributed by atoms with Crippen LogP contribution in [-0.4, -0.2) is 97.6 Å². The minimum atomic E-state index is -1.12. The number of nitrogens with zero attached hydrogens (tertiary/aromatic N) is 3. The Labute approximate surface area is 225 Å². The first-order chi connectivity index (χ1) is 18.7. The molecule has 2 aromatic carbocycles. The van der Waals surface area contributed by atoms with Gasteiger partial charge < -0.3 is 29.5 Å². The first-order valence-corrected chi connectivity index (χ1v) is 13.1. The minimum absolute atomic E-state index is 0.0526. The van der Waals surface area contributed by atoms with E-state index in [9.17, 15) is 23.2 Å². The number of carbonyl (C=O) groups is 3. The molecule has 0 aromatic heterocycles. The maximum absolute atomic E-state index is 13.5. The Kier molecular flexibility index (Phi) is 7.81. The molecule has 2 saturated heterocycles. The maximum atomic E-state index is 13.5. The number of ether oxygens (including phenoxy) is 2. The van der Waals surface area contributed by atoms with Gasteiger partial charge in [0.15, 0.2) is 11.6 Å². The minimum Gasteiger partial charge on any atom is -0.490 e. The van der Waals surface area contributed by atoms with Gasteiger partial charge in [-0.3, -0.25) is 14.4 Å². The highest BCUT2D eigenvalue weighted by Crippen LogP contribution is 2.33. The van der Waals surface area contributed by atoms with Gasteiger partial charge in [-0.05, 0) is 56.3 Å². The molecule has 3 atom stereocenters. The summed E-state index contributed by atoms with van der Waals surface area (Å²) in [5.41, 5.74) is 0.530. The Morgan fingerprint density at radius 1 is 1.00 bits per heavy atom. The van der Waals surface area contributed by atoms with Gasteiger partial charge in [0.1, 0.15) is 18.5 Å². The highest BCUT2D eigenvalue weighted by molar-refractivity contribution is 6.05. The lowest BCUT2D eigenvalue weighted by molar-refractivity contribution is -0.144. The largest absolute Gasteiger partial charge is 0.490 e. The molecule has 3 amide bonds. The van der Waals surface area contributed by atoms with Crippen molar-refractivity contribution < 1.29 is 32.6 Å². The molecule has 0 spiro atoms. The lowest BCUT2D eigenvalue weighted by atomic mass is 9.94. The van der Waals surface area contributed by atoms with E-state index in [2.05, 4.69) is 10.2 Å². The average molecular weight is 543 g/mol. The number of rotatable bonds is 4. The first-order valence-electron chi connectivity index (χ1n) is 13.1. The molecule has 39 heavy (non-hydrogen) atoms. The van der Waals surface area contributed by atoms with Crippen LogP contribution in [0.25, 0.3) is 0 Å². The number of halogens is 2. The van der Waals surface area contributed by atoms with Crippen LogP contribution in [0.15, 0.2) is 36.4 Å². The summed E-state index contributed by atoms with van der Waals surface area (Å²) in [6, 6.07) is 7.30. The van der Waals surface area contributed by atoms with E-state index in [4.69, 9.17) is 9.47 Å². The van der Waals surface area contributed by atoms with Gasteiger partial charge in [-0.15, -0.1) is 0 Å². The Morgan fingerprint density at radius 3 is 2.51 bits per heavy atom. The maximum Gasteiger partial charge on any atom is 0.257 e. The Bertz CT molecular complexity index is 1270. The van der Waals surface area contributed by atoms with E-state index in [1.165, 1.54) is 12.1 Å². The number of anilines is 1. The Hall–Kier alpha value is -3.57. The Morgan fingerprint density at radius 2 is 1.77 bits per heavy atom. The number of hydrogen-bond donors (Lipinski definition) is 1. The van der Waals surface area contributed by atoms with Gasteiger partial charge in [-0.1, -0.05) is 0 Å². The van der Waals surface area contributed by atoms with E-state index in [0.717, 1.165) is 25.2 Å². The predicted octanol–water partition coefficient (Wildman–Crippen LogP) is 2.76. The summed E-state index contributed by atoms with van der Waals surface area (Å²) in [4.78, 5) is 44.6. The van der Waals surface area contributed by atoms with E-state index >= 15 is 0 Å². The molecule has 3 heterocycles. The quantitative estimate of drug-likeness (QED) is 0.639. The van der Waals surface area contributed by atoms with Gasteiger partial charge >= 0.3 is 0 Å². The standard InChI is InChI=1S/C28H32F2N4O5/c1-32-9-11-34(12-10-32)26(35)15-19-5-7-23-25(39-19)16-38-24-8-4-18(14-20(24)28(37)33(23)2)31-27(36)17-3-6-21(29)22(30)13-17/h3-4,6,8,13-14,19,23,25H,5,7,9-12,15-16H2,1-2H3,(H,31,36)/t19-,23+,25+/m1/s1. The number of fused-ring (bicyclic) bond motifs is 2. The van der Waals surface area contributed by atoms with Crippen LogP contribution in [-0.2, 0) is 9.53 Å². The van der Waals surface area contributed by atoms with Crippen LogP contribution in [0.2, 0.25) is 0 Å². The van der Waals surface area contributed by atoms with Crippen molar-refractivity contribution in [3.8, 4) is 5.75 Å². The highest BCUT2D eigenvalue weighted by atomic mass is 19.2. The van der Waals surface area contributed by atoms with Crippen molar-refractivity contribution in [2.75, 3.05) is 52.2 Å². The summed E-state index contributed by atoms with van der Waals surface area (Å²) in [6.07, 6.45) is 0.994. The fourth-order valence-electron chi connectivity index (χ4n) is 5.33. The second kappa shape index (κ2) is 11.3. The van der Waals surface area contributed by atoms with Gasteiger partial charge in [-0.25, -0.2) is 8.78 Å². The van der Waals surface area contributed by atoms with E-state index in [1.54, 1.807) is 24.1 Å². The molecular formula is C28H32F2N4O5. The van der Waals surface area contributed by atoms with Crippen LogP contribution in [0, 0.1) is 11.6 Å². The molecular weight excluding hydrogens is 510 g/mol. The molecule has 5 rings (SSSR count). The van der Waals surface area contributed by atoms with Gasteiger partial charge in [0.2, 0.25) is 5.91 Å². The molecule has 1 N–H and O–H groups in total. The van der Waals surface area contributed by atoms with Crippen LogP contribution >= 0.6 is 0 Å². The molecule has 0 aliphatic carbocycles. The first kappa shape index (κ1) is 27.0. The summed E-state index contributed by atoms with van der Waals surface area (Å²) in [7, 11) is 3.75. The molecule has 0 unspecified atom stereocenters. The van der Waals surface area contributed by atoms with Crippen LogP contribution in [0.1, 0.15) is 40.0 Å². The lowest BCUT2D eigenvalue weighted by Gasteiger charge is -2.42. The van der Waals surface area contributed by atoms with Crippen molar-refractivity contribution >= 4 is 23.4 Å². The van der Waals surface area contributed by atoms with Crippen LogP contribution in [0.5, 0.6) is 5.75 Å². The number of likely N-dealkylation sites (N-methyl/N-ethyl adjacent to an activating group) is 2. The zero-order valence-corrected chi connectivity index (χ0v) is 22.0. The van der Waals surface area contributed by atoms with Crippen molar-refractivity contribution in [3.63, 3.8) is 0 Å². The number of piperazine rings is 1. The van der Waals surface area contributed by atoms with Crippen LogP contribution in [0.4, 0.5) is 14.5 Å². The molecule has 2 fully saturated rings. The summed E-state index contributed by atoms with van der Waals surface area (Å²) < 4.78 is 39.1. The zero-order chi connectivity index (χ0) is 27.7. The fraction of sp³-hybridized carbons (Fsp3) is 0.464. The van der Waals surface area contributed by atoms with Crippen molar-refractivity contribution in [3.05, 3.63) is 59.2 Å². The third-order valence-electron chi connectivity index (χ3n) is 7.71. The monoisotopic (exact) mass is 542 g/mol. The SMILES string of the molecule is CN1CCN(C(=O)C[C@H]2CC[C@H]3[C@H](COc4ccc(NC(=O)c5ccc(F)c(F)c5)cc4C(=O)N3C)O2)CC1. The molecule has 0 bridgehead atoms. The molecule has 208 valence electrons. The molecule has 3 aliphatic heterocycles. The summed E-state index contributed by atoms with van der Waals surface area (Å²) in [5, 5.41) is 2.62. The molecule has 0 saturated carbocycles. The van der Waals surface area contributed by atoms with Crippen molar-refractivity contribution in [2.24, 2.45) is 0 Å². The van der Waals surface area contributed by atoms with Crippen molar-refractivity contribution in [2.45, 2.75) is 37.5 Å². The molecule has 11 heteroatoms. The van der Waals surface area contributed by atoms with E-state index in [0.29, 0.717) is 43.8 Å². The number of amides is 3. The van der Waals surface area contributed by atoms with E-state index in [-0.39, 0.29) is 47.8 Å². The average Bonchev–Trinajstić information content (AvgIpc) is 2.92. The smallest absolute Gasteiger partial charge is 0.257 e. The number of nitrogens with one attached hydrogen (secondary N) is 1. The molecule has 3 aliphatic rings.